The lowest BCUT2D eigenvalue weighted by Gasteiger charge is -2.09. The van der Waals surface area contributed by atoms with Gasteiger partial charge in [-0.2, -0.15) is 0 Å². The van der Waals surface area contributed by atoms with Crippen molar-refractivity contribution in [3.05, 3.63) is 67.0 Å². The van der Waals surface area contributed by atoms with Gasteiger partial charge in [0, 0.05) is 47.1 Å². The summed E-state index contributed by atoms with van der Waals surface area (Å²) in [7, 11) is 2.00. The molecule has 5 nitrogen and oxygen atoms in total. The zero-order valence-electron chi connectivity index (χ0n) is 13.2. The summed E-state index contributed by atoms with van der Waals surface area (Å²) >= 11 is 0. The SMILES string of the molecule is Cn1ccc2cc(NC(=O)Nc3ccc4ncccc4c3)ccc21. The van der Waals surface area contributed by atoms with Crippen LogP contribution >= 0.6 is 0 Å². The van der Waals surface area contributed by atoms with Gasteiger partial charge in [0.2, 0.25) is 0 Å². The molecule has 2 N–H and O–H groups in total. The van der Waals surface area contributed by atoms with Crippen LogP contribution in [0.3, 0.4) is 0 Å². The van der Waals surface area contributed by atoms with Crippen molar-refractivity contribution in [1.29, 1.82) is 0 Å². The molecule has 0 saturated carbocycles. The van der Waals surface area contributed by atoms with E-state index < -0.39 is 0 Å². The number of carbonyl (C=O) groups excluding carboxylic acids is 1. The van der Waals surface area contributed by atoms with Gasteiger partial charge in [-0.05, 0) is 48.5 Å². The molecule has 0 aliphatic rings. The zero-order valence-corrected chi connectivity index (χ0v) is 13.2. The fourth-order valence-corrected chi connectivity index (χ4v) is 2.81. The van der Waals surface area contributed by atoms with E-state index in [1.807, 2.05) is 72.4 Å². The summed E-state index contributed by atoms with van der Waals surface area (Å²) in [6.07, 6.45) is 3.75. The third-order valence-corrected chi connectivity index (χ3v) is 4.00. The van der Waals surface area contributed by atoms with E-state index in [4.69, 9.17) is 0 Å². The highest BCUT2D eigenvalue weighted by atomic mass is 16.2. The molecular formula is C19H16N4O. The van der Waals surface area contributed by atoms with Gasteiger partial charge in [0.05, 0.1) is 5.52 Å². The van der Waals surface area contributed by atoms with E-state index in [1.54, 1.807) is 6.20 Å². The van der Waals surface area contributed by atoms with Crippen molar-refractivity contribution in [2.45, 2.75) is 0 Å². The monoisotopic (exact) mass is 316 g/mol. The number of rotatable bonds is 2. The average Bonchev–Trinajstić information content (AvgIpc) is 2.95. The number of carbonyl (C=O) groups is 1. The molecule has 0 aliphatic heterocycles. The Morgan fingerprint density at radius 1 is 0.958 bits per heavy atom. The lowest BCUT2D eigenvalue weighted by molar-refractivity contribution is 0.262. The van der Waals surface area contributed by atoms with Gasteiger partial charge < -0.3 is 15.2 Å². The molecule has 2 aromatic carbocycles. The van der Waals surface area contributed by atoms with Crippen molar-refractivity contribution >= 4 is 39.2 Å². The third kappa shape index (κ3) is 2.67. The first-order valence-electron chi connectivity index (χ1n) is 7.67. The normalized spacial score (nSPS) is 10.9. The van der Waals surface area contributed by atoms with Gasteiger partial charge in [-0.1, -0.05) is 6.07 Å². The fraction of sp³-hybridized carbons (Fsp3) is 0.0526. The number of anilines is 2. The summed E-state index contributed by atoms with van der Waals surface area (Å²) in [5, 5.41) is 7.79. The van der Waals surface area contributed by atoms with Crippen molar-refractivity contribution in [2.75, 3.05) is 10.6 Å². The number of nitrogens with one attached hydrogen (secondary N) is 2. The minimum atomic E-state index is -0.270. The molecule has 0 aliphatic carbocycles. The van der Waals surface area contributed by atoms with Crippen LogP contribution in [0.2, 0.25) is 0 Å². The molecule has 4 aromatic rings. The Morgan fingerprint density at radius 3 is 2.54 bits per heavy atom. The predicted molar refractivity (Wildman–Crippen MR) is 97.3 cm³/mol. The van der Waals surface area contributed by atoms with Gasteiger partial charge in [-0.25, -0.2) is 4.79 Å². The van der Waals surface area contributed by atoms with Gasteiger partial charge in [0.15, 0.2) is 0 Å². The summed E-state index contributed by atoms with van der Waals surface area (Å²) in [4.78, 5) is 16.5. The van der Waals surface area contributed by atoms with Gasteiger partial charge in [-0.3, -0.25) is 4.98 Å². The van der Waals surface area contributed by atoms with Crippen molar-refractivity contribution in [2.24, 2.45) is 7.05 Å². The van der Waals surface area contributed by atoms with E-state index in [1.165, 1.54) is 0 Å². The molecule has 118 valence electrons. The third-order valence-electron chi connectivity index (χ3n) is 4.00. The number of aryl methyl sites for hydroxylation is 1. The maximum Gasteiger partial charge on any atom is 0.323 e. The molecule has 0 fully saturated rings. The highest BCUT2D eigenvalue weighted by Crippen LogP contribution is 2.21. The predicted octanol–water partition coefficient (Wildman–Crippen LogP) is 4.37. The van der Waals surface area contributed by atoms with Crippen LogP contribution in [0.25, 0.3) is 21.8 Å². The van der Waals surface area contributed by atoms with Gasteiger partial charge >= 0.3 is 6.03 Å². The molecule has 0 saturated heterocycles. The molecule has 2 amide bonds. The maximum atomic E-state index is 12.2. The van der Waals surface area contributed by atoms with Crippen LogP contribution < -0.4 is 10.6 Å². The van der Waals surface area contributed by atoms with Gasteiger partial charge in [-0.15, -0.1) is 0 Å². The minimum absolute atomic E-state index is 0.270. The van der Waals surface area contributed by atoms with E-state index in [2.05, 4.69) is 15.6 Å². The van der Waals surface area contributed by atoms with Gasteiger partial charge in [0.25, 0.3) is 0 Å². The molecule has 24 heavy (non-hydrogen) atoms. The van der Waals surface area contributed by atoms with E-state index in [-0.39, 0.29) is 6.03 Å². The molecule has 0 radical (unpaired) electrons. The second-order valence-electron chi connectivity index (χ2n) is 5.69. The second kappa shape index (κ2) is 5.70. The summed E-state index contributed by atoms with van der Waals surface area (Å²) in [6, 6.07) is 17.1. The highest BCUT2D eigenvalue weighted by molar-refractivity contribution is 6.02. The molecule has 0 atom stereocenters. The van der Waals surface area contributed by atoms with E-state index >= 15 is 0 Å². The number of nitrogens with zero attached hydrogens (tertiary/aromatic N) is 2. The van der Waals surface area contributed by atoms with Crippen LogP contribution in [-0.2, 0) is 7.05 Å². The van der Waals surface area contributed by atoms with E-state index in [9.17, 15) is 4.79 Å². The van der Waals surface area contributed by atoms with Crippen molar-refractivity contribution < 1.29 is 4.79 Å². The first-order chi connectivity index (χ1) is 11.7. The van der Waals surface area contributed by atoms with Crippen LogP contribution in [0, 0.1) is 0 Å². The fourth-order valence-electron chi connectivity index (χ4n) is 2.81. The minimum Gasteiger partial charge on any atom is -0.351 e. The smallest absolute Gasteiger partial charge is 0.323 e. The molecule has 4 rings (SSSR count). The van der Waals surface area contributed by atoms with Gasteiger partial charge in [0.1, 0.15) is 0 Å². The molecule has 2 aromatic heterocycles. The Kier molecular flexibility index (Phi) is 3.39. The summed E-state index contributed by atoms with van der Waals surface area (Å²) < 4.78 is 2.04. The molecule has 5 heteroatoms. The number of hydrogen-bond acceptors (Lipinski definition) is 2. The number of aromatic nitrogens is 2. The van der Waals surface area contributed by atoms with Crippen molar-refractivity contribution in [3.8, 4) is 0 Å². The first-order valence-corrected chi connectivity index (χ1v) is 7.67. The molecule has 0 spiro atoms. The Balaban J connectivity index is 1.52. The maximum absolute atomic E-state index is 12.2. The number of pyridine rings is 1. The Bertz CT molecular complexity index is 1050. The standard InChI is InChI=1S/C19H16N4O/c1-23-10-8-14-12-16(5-7-18(14)23)22-19(24)21-15-4-6-17-13(11-15)3-2-9-20-17/h2-12H,1H3,(H2,21,22,24). The zero-order chi connectivity index (χ0) is 16.5. The lowest BCUT2D eigenvalue weighted by atomic mass is 10.2. The number of hydrogen-bond donors (Lipinski definition) is 2. The van der Waals surface area contributed by atoms with E-state index in [0.29, 0.717) is 0 Å². The first kappa shape index (κ1) is 14.3. The van der Waals surface area contributed by atoms with Crippen molar-refractivity contribution in [1.82, 2.24) is 9.55 Å². The van der Waals surface area contributed by atoms with Crippen LogP contribution in [0.1, 0.15) is 0 Å². The average molecular weight is 316 g/mol. The van der Waals surface area contributed by atoms with Crippen LogP contribution in [-0.4, -0.2) is 15.6 Å². The Hall–Kier alpha value is -3.34. The summed E-state index contributed by atoms with van der Waals surface area (Å²) in [6.45, 7) is 0. The number of fused-ring (bicyclic) bond motifs is 2. The molecule has 0 bridgehead atoms. The number of urea groups is 1. The molecular weight excluding hydrogens is 300 g/mol. The molecule has 0 unspecified atom stereocenters. The lowest BCUT2D eigenvalue weighted by Crippen LogP contribution is -2.19. The van der Waals surface area contributed by atoms with Crippen LogP contribution in [0.4, 0.5) is 16.2 Å². The summed E-state index contributed by atoms with van der Waals surface area (Å²) in [5.41, 5.74) is 3.52. The summed E-state index contributed by atoms with van der Waals surface area (Å²) in [5.74, 6) is 0. The second-order valence-corrected chi connectivity index (χ2v) is 5.69. The number of benzene rings is 2. The van der Waals surface area contributed by atoms with Crippen LogP contribution in [0.15, 0.2) is 67.0 Å². The van der Waals surface area contributed by atoms with Crippen LogP contribution in [0.5, 0.6) is 0 Å². The van der Waals surface area contributed by atoms with E-state index in [0.717, 1.165) is 33.2 Å². The number of amides is 2. The Labute approximate surface area is 138 Å². The highest BCUT2D eigenvalue weighted by Gasteiger charge is 2.05. The largest absolute Gasteiger partial charge is 0.351 e. The topological polar surface area (TPSA) is 59.0 Å². The quantitative estimate of drug-likeness (QED) is 0.577. The molecule has 2 heterocycles. The van der Waals surface area contributed by atoms with Crippen molar-refractivity contribution in [3.63, 3.8) is 0 Å². The Morgan fingerprint density at radius 2 is 1.71 bits per heavy atom.